The molecular formula is C3H3F3O2. The molecule has 0 unspecified atom stereocenters. The predicted octanol–water partition coefficient (Wildman–Crippen LogP) is 1.60. The van der Waals surface area contributed by atoms with Gasteiger partial charge in [0.05, 0.1) is 0 Å². The van der Waals surface area contributed by atoms with E-state index in [2.05, 4.69) is 9.68 Å². The minimum absolute atomic E-state index is 0.181. The Hall–Kier alpha value is -0.870. The molecule has 8 heavy (non-hydrogen) atoms. The van der Waals surface area contributed by atoms with Gasteiger partial charge in [0.2, 0.25) is 6.86 Å². The second kappa shape index (κ2) is 4.29. The van der Waals surface area contributed by atoms with Gasteiger partial charge < -0.3 is 4.74 Å². The van der Waals surface area contributed by atoms with Crippen LogP contribution in [0.25, 0.3) is 0 Å². The molecule has 0 aromatic heterocycles. The molecule has 0 rings (SSSR count). The van der Waals surface area contributed by atoms with E-state index in [9.17, 15) is 13.3 Å². The summed E-state index contributed by atoms with van der Waals surface area (Å²) in [6.07, 6.45) is 0.181. The summed E-state index contributed by atoms with van der Waals surface area (Å²) >= 11 is 0. The molecule has 0 amide bonds. The van der Waals surface area contributed by atoms with Gasteiger partial charge in [0.1, 0.15) is 0 Å². The lowest BCUT2D eigenvalue weighted by Gasteiger charge is -1.87. The quantitative estimate of drug-likeness (QED) is 0.537. The highest BCUT2D eigenvalue weighted by Crippen LogP contribution is 1.98. The van der Waals surface area contributed by atoms with E-state index in [1.807, 2.05) is 0 Å². The Bertz CT molecular complexity index is 82.6. The highest BCUT2D eigenvalue weighted by Gasteiger charge is 1.91. The Morgan fingerprint density at radius 3 is 2.62 bits per heavy atom. The third kappa shape index (κ3) is 3.32. The van der Waals surface area contributed by atoms with Crippen LogP contribution in [0.1, 0.15) is 0 Å². The zero-order chi connectivity index (χ0) is 6.41. The van der Waals surface area contributed by atoms with Crippen molar-refractivity contribution in [3.05, 3.63) is 12.3 Å². The Morgan fingerprint density at radius 1 is 1.62 bits per heavy atom. The molecule has 2 nitrogen and oxygen atoms in total. The molecule has 0 spiro atoms. The fourth-order valence-corrected chi connectivity index (χ4v) is 0.115. The molecule has 0 radical (unpaired) electrons. The smallest absolute Gasteiger partial charge is 0.352 e. The Kier molecular flexibility index (Phi) is 3.83. The van der Waals surface area contributed by atoms with Gasteiger partial charge in [-0.1, -0.05) is 0 Å². The lowest BCUT2D eigenvalue weighted by Crippen LogP contribution is -1.78. The molecular weight excluding hydrogens is 125 g/mol. The number of ether oxygens (including phenoxy) is 1. The summed E-state index contributed by atoms with van der Waals surface area (Å²) in [5.41, 5.74) is 0. The molecule has 0 bridgehead atoms. The Labute approximate surface area is 43.4 Å². The maximum Gasteiger partial charge on any atom is 0.352 e. The van der Waals surface area contributed by atoms with Crippen molar-refractivity contribution in [2.45, 2.75) is 0 Å². The van der Waals surface area contributed by atoms with Crippen LogP contribution in [-0.4, -0.2) is 6.86 Å². The number of rotatable bonds is 3. The van der Waals surface area contributed by atoms with E-state index in [0.717, 1.165) is 0 Å². The van der Waals surface area contributed by atoms with Crippen LogP contribution < -0.4 is 0 Å². The van der Waals surface area contributed by atoms with Gasteiger partial charge in [-0.15, -0.1) is 0 Å². The van der Waals surface area contributed by atoms with E-state index in [4.69, 9.17) is 0 Å². The van der Waals surface area contributed by atoms with Gasteiger partial charge in [-0.3, -0.25) is 4.94 Å². The summed E-state index contributed by atoms with van der Waals surface area (Å²) in [6.45, 7) is -1.21. The fraction of sp³-hybridized carbons (Fsp3) is 0.333. The average Bonchev–Trinajstić information content (AvgIpc) is 1.83. The van der Waals surface area contributed by atoms with Crippen LogP contribution in [0.4, 0.5) is 13.3 Å². The first-order chi connectivity index (χ1) is 3.81. The maximum atomic E-state index is 11.3. The lowest BCUT2D eigenvalue weighted by molar-refractivity contribution is -0.117. The SMILES string of the molecule is FCO/C=C(\F)OF. The zero-order valence-corrected chi connectivity index (χ0v) is 3.73. The molecule has 0 saturated carbocycles. The Balaban J connectivity index is 3.26. The highest BCUT2D eigenvalue weighted by molar-refractivity contribution is 4.69. The molecule has 48 valence electrons. The van der Waals surface area contributed by atoms with Crippen molar-refractivity contribution in [3.63, 3.8) is 0 Å². The standard InChI is InChI=1S/C3H3F3O2/c4-2-7-1-3(5)8-6/h1H,2H2/b3-1+. The van der Waals surface area contributed by atoms with Crippen LogP contribution in [0.2, 0.25) is 0 Å². The van der Waals surface area contributed by atoms with Crippen molar-refractivity contribution in [2.24, 2.45) is 0 Å². The van der Waals surface area contributed by atoms with Crippen LogP contribution in [0.5, 0.6) is 0 Å². The highest BCUT2D eigenvalue weighted by atomic mass is 19.3. The molecule has 0 fully saturated rings. The van der Waals surface area contributed by atoms with Gasteiger partial charge in [-0.25, -0.2) is 4.39 Å². The average molecular weight is 128 g/mol. The van der Waals surface area contributed by atoms with E-state index in [-0.39, 0.29) is 6.26 Å². The van der Waals surface area contributed by atoms with E-state index < -0.39 is 12.9 Å². The van der Waals surface area contributed by atoms with Gasteiger partial charge >= 0.3 is 6.01 Å². The normalized spacial score (nSPS) is 11.1. The van der Waals surface area contributed by atoms with Gasteiger partial charge in [-0.2, -0.15) is 4.39 Å². The van der Waals surface area contributed by atoms with Crippen molar-refractivity contribution < 1.29 is 23.0 Å². The predicted molar refractivity (Wildman–Crippen MR) is 18.4 cm³/mol. The molecule has 0 aliphatic rings. The third-order valence-corrected chi connectivity index (χ3v) is 0.313. The molecule has 5 heteroatoms. The van der Waals surface area contributed by atoms with E-state index in [1.165, 1.54) is 0 Å². The third-order valence-electron chi connectivity index (χ3n) is 0.313. The second-order valence-corrected chi connectivity index (χ2v) is 0.775. The molecule has 0 aromatic carbocycles. The Morgan fingerprint density at radius 2 is 2.25 bits per heavy atom. The number of alkyl halides is 1. The topological polar surface area (TPSA) is 18.5 Å². The summed E-state index contributed by atoms with van der Waals surface area (Å²) in [4.78, 5) is 2.46. The van der Waals surface area contributed by atoms with E-state index >= 15 is 0 Å². The molecule has 0 saturated heterocycles. The fourth-order valence-electron chi connectivity index (χ4n) is 0.115. The molecule has 0 aliphatic heterocycles. The minimum atomic E-state index is -1.61. The maximum absolute atomic E-state index is 11.3. The summed E-state index contributed by atoms with van der Waals surface area (Å²) < 4.78 is 36.4. The van der Waals surface area contributed by atoms with E-state index in [1.54, 1.807) is 0 Å². The monoisotopic (exact) mass is 128 g/mol. The van der Waals surface area contributed by atoms with Crippen molar-refractivity contribution in [1.82, 2.24) is 0 Å². The van der Waals surface area contributed by atoms with Crippen LogP contribution >= 0.6 is 0 Å². The van der Waals surface area contributed by atoms with Gasteiger partial charge in [0.15, 0.2) is 6.26 Å². The van der Waals surface area contributed by atoms with Crippen LogP contribution in [0, 0.1) is 0 Å². The van der Waals surface area contributed by atoms with Crippen molar-refractivity contribution in [3.8, 4) is 0 Å². The first kappa shape index (κ1) is 7.13. The van der Waals surface area contributed by atoms with Crippen molar-refractivity contribution in [2.75, 3.05) is 6.86 Å². The van der Waals surface area contributed by atoms with Crippen LogP contribution in [-0.2, 0) is 9.68 Å². The van der Waals surface area contributed by atoms with Crippen LogP contribution in [0.15, 0.2) is 12.3 Å². The summed E-state index contributed by atoms with van der Waals surface area (Å²) in [7, 11) is 0. The first-order valence-electron chi connectivity index (χ1n) is 1.63. The molecule has 0 atom stereocenters. The van der Waals surface area contributed by atoms with Gasteiger partial charge in [0, 0.05) is 4.53 Å². The van der Waals surface area contributed by atoms with Gasteiger partial charge in [0.25, 0.3) is 0 Å². The van der Waals surface area contributed by atoms with Gasteiger partial charge in [-0.05, 0) is 0 Å². The zero-order valence-electron chi connectivity index (χ0n) is 3.73. The number of hydrogen-bond donors (Lipinski definition) is 0. The number of hydrogen-bond acceptors (Lipinski definition) is 2. The van der Waals surface area contributed by atoms with Crippen molar-refractivity contribution >= 4 is 0 Å². The largest absolute Gasteiger partial charge is 0.464 e. The first-order valence-corrected chi connectivity index (χ1v) is 1.63. The second-order valence-electron chi connectivity index (χ2n) is 0.775. The van der Waals surface area contributed by atoms with E-state index in [0.29, 0.717) is 0 Å². The number of halogens is 3. The summed E-state index contributed by atoms with van der Waals surface area (Å²) in [6, 6.07) is -1.61. The minimum Gasteiger partial charge on any atom is -0.464 e. The molecule has 0 aromatic rings. The summed E-state index contributed by atoms with van der Waals surface area (Å²) in [5.74, 6) is 0. The van der Waals surface area contributed by atoms with Crippen LogP contribution in [0.3, 0.4) is 0 Å². The molecule has 0 aliphatic carbocycles. The molecule has 0 heterocycles. The summed E-state index contributed by atoms with van der Waals surface area (Å²) in [5, 5.41) is 0. The lowest BCUT2D eigenvalue weighted by atomic mass is 11.0. The van der Waals surface area contributed by atoms with Crippen molar-refractivity contribution in [1.29, 1.82) is 0 Å². The molecule has 0 N–H and O–H groups in total.